The molecule has 2 saturated carbocycles. The fourth-order valence-electron chi connectivity index (χ4n) is 4.22. The first kappa shape index (κ1) is 15.8. The van der Waals surface area contributed by atoms with E-state index in [0.29, 0.717) is 17.3 Å². The van der Waals surface area contributed by atoms with E-state index in [4.69, 9.17) is 0 Å². The molecule has 1 saturated heterocycles. The quantitative estimate of drug-likeness (QED) is 0.812. The molecule has 1 spiro atoms. The summed E-state index contributed by atoms with van der Waals surface area (Å²) in [5.41, 5.74) is 0.342. The van der Waals surface area contributed by atoms with Gasteiger partial charge in [0.05, 0.1) is 5.75 Å². The van der Waals surface area contributed by atoms with Crippen molar-refractivity contribution in [3.05, 3.63) is 0 Å². The zero-order valence-electron chi connectivity index (χ0n) is 13.3. The third-order valence-corrected chi connectivity index (χ3v) is 7.52. The Balaban J connectivity index is 1.58. The van der Waals surface area contributed by atoms with Crippen LogP contribution in [-0.2, 0) is 9.84 Å². The summed E-state index contributed by atoms with van der Waals surface area (Å²) in [5, 5.41) is 3.85. The number of rotatable bonds is 6. The van der Waals surface area contributed by atoms with E-state index in [1.54, 1.807) is 6.92 Å². The number of hydrogen-bond donors (Lipinski definition) is 1. The lowest BCUT2D eigenvalue weighted by Gasteiger charge is -2.47. The van der Waals surface area contributed by atoms with Crippen molar-refractivity contribution in [2.24, 2.45) is 5.92 Å². The molecule has 1 aliphatic heterocycles. The van der Waals surface area contributed by atoms with Gasteiger partial charge in [-0.25, -0.2) is 8.42 Å². The van der Waals surface area contributed by atoms with Crippen LogP contribution < -0.4 is 5.32 Å². The molecule has 5 heteroatoms. The Labute approximate surface area is 129 Å². The average molecular weight is 314 g/mol. The Bertz CT molecular complexity index is 453. The lowest BCUT2D eigenvalue weighted by Crippen LogP contribution is -2.63. The van der Waals surface area contributed by atoms with Gasteiger partial charge in [-0.2, -0.15) is 0 Å². The molecule has 0 radical (unpaired) electrons. The van der Waals surface area contributed by atoms with Crippen LogP contribution in [0.4, 0.5) is 0 Å². The molecule has 3 fully saturated rings. The monoisotopic (exact) mass is 314 g/mol. The van der Waals surface area contributed by atoms with Gasteiger partial charge >= 0.3 is 0 Å². The van der Waals surface area contributed by atoms with Crippen molar-refractivity contribution in [2.45, 2.75) is 63.5 Å². The molecule has 0 aromatic rings. The zero-order chi connectivity index (χ0) is 14.9. The first-order valence-electron chi connectivity index (χ1n) is 8.73. The van der Waals surface area contributed by atoms with Gasteiger partial charge in [-0.1, -0.05) is 19.8 Å². The lowest BCUT2D eigenvalue weighted by molar-refractivity contribution is 0.0695. The van der Waals surface area contributed by atoms with Crippen LogP contribution >= 0.6 is 0 Å². The van der Waals surface area contributed by atoms with Crippen LogP contribution in [0, 0.1) is 5.92 Å². The molecule has 4 nitrogen and oxygen atoms in total. The van der Waals surface area contributed by atoms with Crippen molar-refractivity contribution in [3.8, 4) is 0 Å². The molecule has 1 heterocycles. The number of nitrogens with one attached hydrogen (secondary N) is 1. The molecule has 122 valence electrons. The molecular formula is C16H30N2O2S. The fourth-order valence-corrected chi connectivity index (χ4v) is 5.08. The summed E-state index contributed by atoms with van der Waals surface area (Å²) >= 11 is 0. The second kappa shape index (κ2) is 6.17. The molecule has 3 aliphatic rings. The van der Waals surface area contributed by atoms with Crippen LogP contribution in [0.5, 0.6) is 0 Å². The third kappa shape index (κ3) is 3.80. The van der Waals surface area contributed by atoms with E-state index < -0.39 is 9.84 Å². The number of sulfone groups is 1. The van der Waals surface area contributed by atoms with Crippen molar-refractivity contribution in [2.75, 3.05) is 31.1 Å². The molecule has 2 aliphatic carbocycles. The Morgan fingerprint density at radius 2 is 1.95 bits per heavy atom. The van der Waals surface area contributed by atoms with Crippen LogP contribution in [0.25, 0.3) is 0 Å². The Morgan fingerprint density at radius 3 is 2.57 bits per heavy atom. The van der Waals surface area contributed by atoms with E-state index in [1.807, 2.05) is 0 Å². The highest BCUT2D eigenvalue weighted by atomic mass is 32.2. The van der Waals surface area contributed by atoms with Gasteiger partial charge in [0.2, 0.25) is 0 Å². The van der Waals surface area contributed by atoms with Crippen molar-refractivity contribution in [3.63, 3.8) is 0 Å². The first-order chi connectivity index (χ1) is 10.0. The van der Waals surface area contributed by atoms with Gasteiger partial charge in [-0.05, 0) is 44.6 Å². The molecule has 0 aromatic heterocycles. The van der Waals surface area contributed by atoms with E-state index in [-0.39, 0.29) is 5.75 Å². The number of hydrogen-bond acceptors (Lipinski definition) is 4. The smallest absolute Gasteiger partial charge is 0.150 e. The van der Waals surface area contributed by atoms with Gasteiger partial charge in [0, 0.05) is 30.4 Å². The molecule has 3 rings (SSSR count). The van der Waals surface area contributed by atoms with Gasteiger partial charge in [0.15, 0.2) is 0 Å². The van der Waals surface area contributed by atoms with E-state index in [2.05, 4.69) is 10.2 Å². The molecule has 0 bridgehead atoms. The average Bonchev–Trinajstić information content (AvgIpc) is 3.20. The van der Waals surface area contributed by atoms with Gasteiger partial charge in [-0.3, -0.25) is 4.90 Å². The highest BCUT2D eigenvalue weighted by Gasteiger charge is 2.45. The zero-order valence-corrected chi connectivity index (χ0v) is 14.1. The normalized spacial score (nSPS) is 30.0. The standard InChI is InChI=1S/C16H30N2O2S/c1-2-21(19,20)11-5-10-18-13-16(8-3-4-9-16)17-12-15(18)14-6-7-14/h14-15,17H,2-13H2,1H3. The summed E-state index contributed by atoms with van der Waals surface area (Å²) in [6.07, 6.45) is 8.82. The Kier molecular flexibility index (Phi) is 4.63. The maximum atomic E-state index is 11.7. The highest BCUT2D eigenvalue weighted by Crippen LogP contribution is 2.40. The van der Waals surface area contributed by atoms with Crippen molar-refractivity contribution < 1.29 is 8.42 Å². The molecular weight excluding hydrogens is 284 g/mol. The third-order valence-electron chi connectivity index (χ3n) is 5.73. The summed E-state index contributed by atoms with van der Waals surface area (Å²) in [7, 11) is -2.81. The molecule has 1 unspecified atom stereocenters. The van der Waals surface area contributed by atoms with Crippen molar-refractivity contribution >= 4 is 9.84 Å². The van der Waals surface area contributed by atoms with E-state index in [0.717, 1.165) is 32.0 Å². The molecule has 0 aromatic carbocycles. The lowest BCUT2D eigenvalue weighted by atomic mass is 9.91. The SMILES string of the molecule is CCS(=O)(=O)CCCN1CC2(CCCC2)NCC1C1CC1. The summed E-state index contributed by atoms with van der Waals surface area (Å²) in [6, 6.07) is 0.653. The van der Waals surface area contributed by atoms with Crippen LogP contribution in [0.3, 0.4) is 0 Å². The minimum atomic E-state index is -2.81. The summed E-state index contributed by atoms with van der Waals surface area (Å²) in [4.78, 5) is 2.63. The second-order valence-corrected chi connectivity index (χ2v) is 9.81. The van der Waals surface area contributed by atoms with Gasteiger partial charge in [0.1, 0.15) is 9.84 Å². The Hall–Kier alpha value is -0.130. The van der Waals surface area contributed by atoms with Gasteiger partial charge in [0.25, 0.3) is 0 Å². The minimum absolute atomic E-state index is 0.282. The van der Waals surface area contributed by atoms with Crippen LogP contribution in [0.2, 0.25) is 0 Å². The number of piperazine rings is 1. The molecule has 21 heavy (non-hydrogen) atoms. The minimum Gasteiger partial charge on any atom is -0.308 e. The van der Waals surface area contributed by atoms with E-state index in [9.17, 15) is 8.42 Å². The second-order valence-electron chi connectivity index (χ2n) is 7.33. The van der Waals surface area contributed by atoms with E-state index in [1.165, 1.54) is 38.5 Å². The molecule has 1 atom stereocenters. The van der Waals surface area contributed by atoms with Crippen molar-refractivity contribution in [1.82, 2.24) is 10.2 Å². The summed E-state index contributed by atoms with van der Waals surface area (Å²) < 4.78 is 23.4. The molecule has 1 N–H and O–H groups in total. The maximum Gasteiger partial charge on any atom is 0.150 e. The fraction of sp³-hybridized carbons (Fsp3) is 1.00. The van der Waals surface area contributed by atoms with Crippen LogP contribution in [0.1, 0.15) is 51.9 Å². The predicted octanol–water partition coefficient (Wildman–Crippen LogP) is 1.81. The van der Waals surface area contributed by atoms with Crippen molar-refractivity contribution in [1.29, 1.82) is 0 Å². The summed E-state index contributed by atoms with van der Waals surface area (Å²) in [6.45, 7) is 4.97. The predicted molar refractivity (Wildman–Crippen MR) is 86.2 cm³/mol. The number of nitrogens with zero attached hydrogens (tertiary/aromatic N) is 1. The first-order valence-corrected chi connectivity index (χ1v) is 10.6. The Morgan fingerprint density at radius 1 is 1.24 bits per heavy atom. The van der Waals surface area contributed by atoms with Crippen LogP contribution in [0.15, 0.2) is 0 Å². The van der Waals surface area contributed by atoms with Gasteiger partial charge < -0.3 is 5.32 Å². The van der Waals surface area contributed by atoms with Gasteiger partial charge in [-0.15, -0.1) is 0 Å². The largest absolute Gasteiger partial charge is 0.308 e. The topological polar surface area (TPSA) is 49.4 Å². The molecule has 0 amide bonds. The highest BCUT2D eigenvalue weighted by molar-refractivity contribution is 7.91. The van der Waals surface area contributed by atoms with Crippen LogP contribution in [-0.4, -0.2) is 56.0 Å². The maximum absolute atomic E-state index is 11.7. The summed E-state index contributed by atoms with van der Waals surface area (Å²) in [5.74, 6) is 1.50. The van der Waals surface area contributed by atoms with E-state index >= 15 is 0 Å².